The third-order valence-electron chi connectivity index (χ3n) is 2.40. The predicted molar refractivity (Wildman–Crippen MR) is 58.0 cm³/mol. The lowest BCUT2D eigenvalue weighted by Gasteiger charge is -2.18. The van der Waals surface area contributed by atoms with Gasteiger partial charge < -0.3 is 11.1 Å². The maximum Gasteiger partial charge on any atom is 0.237 e. The van der Waals surface area contributed by atoms with Crippen LogP contribution in [0.1, 0.15) is 32.4 Å². The molecule has 1 amide bonds. The van der Waals surface area contributed by atoms with Gasteiger partial charge in [-0.1, -0.05) is 13.8 Å². The predicted octanol–water partition coefficient (Wildman–Crippen LogP) is 0.570. The second-order valence-electron chi connectivity index (χ2n) is 4.03. The molecule has 0 radical (unpaired) electrons. The van der Waals surface area contributed by atoms with Gasteiger partial charge in [0.1, 0.15) is 0 Å². The molecule has 0 bridgehead atoms. The summed E-state index contributed by atoms with van der Waals surface area (Å²) in [6.07, 6.45) is 3.44. The molecule has 1 rings (SSSR count). The molecule has 1 aromatic rings. The van der Waals surface area contributed by atoms with Gasteiger partial charge in [-0.05, 0) is 12.8 Å². The molecule has 0 aliphatic heterocycles. The van der Waals surface area contributed by atoms with Crippen LogP contribution >= 0.6 is 0 Å². The first-order valence-electron chi connectivity index (χ1n) is 5.07. The number of nitrogens with one attached hydrogen (secondary N) is 2. The lowest BCUT2D eigenvalue weighted by molar-refractivity contribution is -0.123. The van der Waals surface area contributed by atoms with Crippen molar-refractivity contribution in [1.82, 2.24) is 15.5 Å². The van der Waals surface area contributed by atoms with Crippen molar-refractivity contribution >= 4 is 5.91 Å². The Morgan fingerprint density at radius 3 is 2.67 bits per heavy atom. The number of nitrogens with zero attached hydrogens (tertiary/aromatic N) is 1. The molecule has 1 heterocycles. The number of rotatable bonds is 4. The van der Waals surface area contributed by atoms with Gasteiger partial charge in [0.15, 0.2) is 0 Å². The molecule has 0 saturated carbocycles. The maximum absolute atomic E-state index is 11.6. The molecule has 0 aliphatic carbocycles. The van der Waals surface area contributed by atoms with Crippen molar-refractivity contribution in [2.75, 3.05) is 0 Å². The lowest BCUT2D eigenvalue weighted by Crippen LogP contribution is -2.44. The third-order valence-corrected chi connectivity index (χ3v) is 2.40. The Hall–Kier alpha value is -1.36. The summed E-state index contributed by atoms with van der Waals surface area (Å²) in [4.78, 5) is 11.6. The Bertz CT molecular complexity index is 307. The minimum atomic E-state index is -0.459. The van der Waals surface area contributed by atoms with Crippen LogP contribution in [0.25, 0.3) is 0 Å². The van der Waals surface area contributed by atoms with Crippen molar-refractivity contribution in [1.29, 1.82) is 0 Å². The van der Waals surface area contributed by atoms with Crippen LogP contribution in [0.15, 0.2) is 12.4 Å². The van der Waals surface area contributed by atoms with E-state index < -0.39 is 6.04 Å². The van der Waals surface area contributed by atoms with E-state index in [4.69, 9.17) is 5.73 Å². The highest BCUT2D eigenvalue weighted by Crippen LogP contribution is 2.09. The average molecular weight is 210 g/mol. The smallest absolute Gasteiger partial charge is 0.237 e. The summed E-state index contributed by atoms with van der Waals surface area (Å²) in [6, 6.07) is -0.527. The van der Waals surface area contributed by atoms with Gasteiger partial charge in [-0.2, -0.15) is 5.10 Å². The van der Waals surface area contributed by atoms with E-state index in [-0.39, 0.29) is 17.9 Å². The first kappa shape index (κ1) is 11.7. The summed E-state index contributed by atoms with van der Waals surface area (Å²) < 4.78 is 0. The monoisotopic (exact) mass is 210 g/mol. The molecule has 5 heteroatoms. The van der Waals surface area contributed by atoms with Crippen LogP contribution in [-0.4, -0.2) is 22.1 Å². The van der Waals surface area contributed by atoms with Crippen molar-refractivity contribution in [3.63, 3.8) is 0 Å². The van der Waals surface area contributed by atoms with Crippen molar-refractivity contribution in [2.45, 2.75) is 32.9 Å². The molecule has 0 spiro atoms. The fourth-order valence-corrected chi connectivity index (χ4v) is 1.19. The summed E-state index contributed by atoms with van der Waals surface area (Å²) in [5, 5.41) is 9.37. The van der Waals surface area contributed by atoms with Crippen LogP contribution in [0.3, 0.4) is 0 Å². The number of H-pyrrole nitrogens is 1. The van der Waals surface area contributed by atoms with E-state index in [0.717, 1.165) is 5.56 Å². The van der Waals surface area contributed by atoms with Crippen molar-refractivity contribution < 1.29 is 4.79 Å². The van der Waals surface area contributed by atoms with Crippen LogP contribution in [0.2, 0.25) is 0 Å². The summed E-state index contributed by atoms with van der Waals surface area (Å²) in [7, 11) is 0. The van der Waals surface area contributed by atoms with Gasteiger partial charge in [0, 0.05) is 11.8 Å². The maximum atomic E-state index is 11.6. The van der Waals surface area contributed by atoms with Crippen molar-refractivity contribution in [3.05, 3.63) is 18.0 Å². The number of aromatic nitrogens is 2. The SMILES string of the molecule is CC(NC(=O)C(N)C(C)C)c1cn[nH]c1. The summed E-state index contributed by atoms with van der Waals surface area (Å²) in [6.45, 7) is 5.75. The Balaban J connectivity index is 2.52. The fourth-order valence-electron chi connectivity index (χ4n) is 1.19. The molecular formula is C10H18N4O. The van der Waals surface area contributed by atoms with Gasteiger partial charge in [-0.15, -0.1) is 0 Å². The molecule has 1 aromatic heterocycles. The Kier molecular flexibility index (Phi) is 3.85. The Labute approximate surface area is 89.4 Å². The van der Waals surface area contributed by atoms with Crippen LogP contribution in [0.5, 0.6) is 0 Å². The quantitative estimate of drug-likeness (QED) is 0.679. The number of nitrogens with two attached hydrogens (primary N) is 1. The second kappa shape index (κ2) is 4.93. The second-order valence-corrected chi connectivity index (χ2v) is 4.03. The van der Waals surface area contributed by atoms with Crippen LogP contribution in [0, 0.1) is 5.92 Å². The summed E-state index contributed by atoms with van der Waals surface area (Å²) in [5.74, 6) is 0.0141. The highest BCUT2D eigenvalue weighted by molar-refractivity contribution is 5.82. The summed E-state index contributed by atoms with van der Waals surface area (Å²) >= 11 is 0. The van der Waals surface area contributed by atoms with E-state index in [9.17, 15) is 4.79 Å². The molecule has 4 N–H and O–H groups in total. The third kappa shape index (κ3) is 3.06. The van der Waals surface area contributed by atoms with Crippen LogP contribution < -0.4 is 11.1 Å². The standard InChI is InChI=1S/C10H18N4O/c1-6(2)9(11)10(15)14-7(3)8-4-12-13-5-8/h4-7,9H,11H2,1-3H3,(H,12,13)(H,14,15). The first-order chi connectivity index (χ1) is 7.02. The van der Waals surface area contributed by atoms with E-state index in [1.54, 1.807) is 12.4 Å². The van der Waals surface area contributed by atoms with Gasteiger partial charge in [-0.3, -0.25) is 9.89 Å². The number of carbonyl (C=O) groups is 1. The molecule has 0 fully saturated rings. The van der Waals surface area contributed by atoms with E-state index >= 15 is 0 Å². The minimum absolute atomic E-state index is 0.0685. The molecular weight excluding hydrogens is 192 g/mol. The van der Waals surface area contributed by atoms with Gasteiger partial charge in [-0.25, -0.2) is 0 Å². The molecule has 5 nitrogen and oxygen atoms in total. The normalized spacial score (nSPS) is 15.0. The van der Waals surface area contributed by atoms with Crippen LogP contribution in [-0.2, 0) is 4.79 Å². The van der Waals surface area contributed by atoms with Crippen molar-refractivity contribution in [2.24, 2.45) is 11.7 Å². The topological polar surface area (TPSA) is 83.8 Å². The summed E-state index contributed by atoms with van der Waals surface area (Å²) in [5.41, 5.74) is 6.67. The zero-order valence-electron chi connectivity index (χ0n) is 9.32. The highest BCUT2D eigenvalue weighted by atomic mass is 16.2. The highest BCUT2D eigenvalue weighted by Gasteiger charge is 2.19. The van der Waals surface area contributed by atoms with Crippen LogP contribution in [0.4, 0.5) is 0 Å². The lowest BCUT2D eigenvalue weighted by atomic mass is 10.0. The molecule has 84 valence electrons. The van der Waals surface area contributed by atoms with Gasteiger partial charge in [0.25, 0.3) is 0 Å². The number of aromatic amines is 1. The zero-order valence-corrected chi connectivity index (χ0v) is 9.32. The molecule has 2 atom stereocenters. The first-order valence-corrected chi connectivity index (χ1v) is 5.07. The fraction of sp³-hybridized carbons (Fsp3) is 0.600. The average Bonchev–Trinajstić information content (AvgIpc) is 2.68. The number of amides is 1. The van der Waals surface area contributed by atoms with E-state index in [0.29, 0.717) is 0 Å². The molecule has 2 unspecified atom stereocenters. The number of hydrogen-bond donors (Lipinski definition) is 3. The number of hydrogen-bond acceptors (Lipinski definition) is 3. The molecule has 0 saturated heterocycles. The minimum Gasteiger partial charge on any atom is -0.348 e. The molecule has 0 aliphatic rings. The Morgan fingerprint density at radius 1 is 1.53 bits per heavy atom. The van der Waals surface area contributed by atoms with E-state index in [2.05, 4.69) is 15.5 Å². The Morgan fingerprint density at radius 2 is 2.20 bits per heavy atom. The van der Waals surface area contributed by atoms with Gasteiger partial charge in [0.2, 0.25) is 5.91 Å². The zero-order chi connectivity index (χ0) is 11.4. The van der Waals surface area contributed by atoms with Gasteiger partial charge >= 0.3 is 0 Å². The van der Waals surface area contributed by atoms with Gasteiger partial charge in [0.05, 0.1) is 18.3 Å². The van der Waals surface area contributed by atoms with E-state index in [1.165, 1.54) is 0 Å². The van der Waals surface area contributed by atoms with Crippen molar-refractivity contribution in [3.8, 4) is 0 Å². The molecule has 0 aromatic carbocycles. The van der Waals surface area contributed by atoms with E-state index in [1.807, 2.05) is 20.8 Å². The molecule has 15 heavy (non-hydrogen) atoms. The number of carbonyl (C=O) groups excluding carboxylic acids is 1. The largest absolute Gasteiger partial charge is 0.348 e.